The van der Waals surface area contributed by atoms with Crippen molar-refractivity contribution in [3.05, 3.63) is 99.6 Å². The highest BCUT2D eigenvalue weighted by Gasteiger charge is 2.18. The SMILES string of the molecule is Cc1cc(NC(c2ccccc2)c2cccc(S(C)(=O)=O)c2)ccc1[N+](=O)[O-]. The summed E-state index contributed by atoms with van der Waals surface area (Å²) in [6, 6.07) is 20.9. The summed E-state index contributed by atoms with van der Waals surface area (Å²) in [5.74, 6) is 0. The molecule has 0 aromatic heterocycles. The van der Waals surface area contributed by atoms with Gasteiger partial charge in [0.25, 0.3) is 5.69 Å². The Morgan fingerprint density at radius 3 is 2.21 bits per heavy atom. The molecule has 0 heterocycles. The van der Waals surface area contributed by atoms with Crippen molar-refractivity contribution < 1.29 is 13.3 Å². The summed E-state index contributed by atoms with van der Waals surface area (Å²) in [5.41, 5.74) is 3.04. The summed E-state index contributed by atoms with van der Waals surface area (Å²) in [6.07, 6.45) is 1.18. The van der Waals surface area contributed by atoms with Gasteiger partial charge in [-0.3, -0.25) is 10.1 Å². The Morgan fingerprint density at radius 1 is 0.929 bits per heavy atom. The number of rotatable bonds is 6. The second kappa shape index (κ2) is 7.82. The highest BCUT2D eigenvalue weighted by atomic mass is 32.2. The number of nitro groups is 1. The van der Waals surface area contributed by atoms with Crippen LogP contribution >= 0.6 is 0 Å². The van der Waals surface area contributed by atoms with E-state index in [1.807, 2.05) is 36.4 Å². The average Bonchev–Trinajstić information content (AvgIpc) is 2.66. The largest absolute Gasteiger partial charge is 0.374 e. The molecule has 0 saturated heterocycles. The number of benzene rings is 3. The van der Waals surface area contributed by atoms with Crippen LogP contribution in [0.25, 0.3) is 0 Å². The number of hydrogen-bond acceptors (Lipinski definition) is 5. The summed E-state index contributed by atoms with van der Waals surface area (Å²) in [5, 5.41) is 14.4. The molecule has 1 N–H and O–H groups in total. The summed E-state index contributed by atoms with van der Waals surface area (Å²) >= 11 is 0. The fourth-order valence-electron chi connectivity index (χ4n) is 3.05. The Balaban J connectivity index is 2.05. The van der Waals surface area contributed by atoms with E-state index in [0.717, 1.165) is 11.1 Å². The van der Waals surface area contributed by atoms with E-state index in [2.05, 4.69) is 5.32 Å². The minimum atomic E-state index is -3.34. The van der Waals surface area contributed by atoms with Crippen LogP contribution in [-0.2, 0) is 9.84 Å². The molecule has 0 aliphatic rings. The van der Waals surface area contributed by atoms with Gasteiger partial charge in [0.2, 0.25) is 0 Å². The fraction of sp³-hybridized carbons (Fsp3) is 0.143. The number of aryl methyl sites for hydroxylation is 1. The highest BCUT2D eigenvalue weighted by Crippen LogP contribution is 2.30. The molecule has 0 aliphatic carbocycles. The van der Waals surface area contributed by atoms with Crippen LogP contribution in [0.1, 0.15) is 22.7 Å². The molecule has 3 aromatic rings. The number of nitrogens with one attached hydrogen (secondary N) is 1. The van der Waals surface area contributed by atoms with Crippen LogP contribution in [0.3, 0.4) is 0 Å². The lowest BCUT2D eigenvalue weighted by atomic mass is 9.98. The predicted molar refractivity (Wildman–Crippen MR) is 109 cm³/mol. The molecule has 6 nitrogen and oxygen atoms in total. The normalized spacial score (nSPS) is 12.4. The zero-order valence-corrected chi connectivity index (χ0v) is 16.3. The first-order chi connectivity index (χ1) is 13.3. The molecule has 0 aliphatic heterocycles. The van der Waals surface area contributed by atoms with Crippen molar-refractivity contribution in [2.75, 3.05) is 11.6 Å². The summed E-state index contributed by atoms with van der Waals surface area (Å²) in [6.45, 7) is 1.69. The molecule has 3 rings (SSSR count). The van der Waals surface area contributed by atoms with Gasteiger partial charge in [-0.2, -0.15) is 0 Å². The van der Waals surface area contributed by atoms with Gasteiger partial charge in [-0.1, -0.05) is 42.5 Å². The first-order valence-corrected chi connectivity index (χ1v) is 10.5. The van der Waals surface area contributed by atoms with Crippen molar-refractivity contribution in [3.8, 4) is 0 Å². The molecule has 7 heteroatoms. The minimum Gasteiger partial charge on any atom is -0.374 e. The molecule has 144 valence electrons. The molecule has 0 radical (unpaired) electrons. The predicted octanol–water partition coefficient (Wildman–Crippen LogP) is 4.51. The number of anilines is 1. The quantitative estimate of drug-likeness (QED) is 0.489. The molecule has 28 heavy (non-hydrogen) atoms. The average molecular weight is 396 g/mol. The van der Waals surface area contributed by atoms with Crippen LogP contribution in [-0.4, -0.2) is 19.6 Å². The van der Waals surface area contributed by atoms with Gasteiger partial charge < -0.3 is 5.32 Å². The molecule has 1 atom stereocenters. The second-order valence-electron chi connectivity index (χ2n) is 6.59. The van der Waals surface area contributed by atoms with Crippen LogP contribution in [0.15, 0.2) is 77.7 Å². The lowest BCUT2D eigenvalue weighted by molar-refractivity contribution is -0.385. The monoisotopic (exact) mass is 396 g/mol. The standard InChI is InChI=1S/C21H20N2O4S/c1-15-13-18(11-12-20(15)23(24)25)22-21(16-7-4-3-5-8-16)17-9-6-10-19(14-17)28(2,26)27/h3-14,21-22H,1-2H3. The van der Waals surface area contributed by atoms with Crippen molar-refractivity contribution in [1.29, 1.82) is 0 Å². The smallest absolute Gasteiger partial charge is 0.272 e. The second-order valence-corrected chi connectivity index (χ2v) is 8.61. The minimum absolute atomic E-state index is 0.0564. The van der Waals surface area contributed by atoms with Gasteiger partial charge >= 0.3 is 0 Å². The van der Waals surface area contributed by atoms with Crippen molar-refractivity contribution >= 4 is 21.2 Å². The van der Waals surface area contributed by atoms with Gasteiger partial charge in [0, 0.05) is 23.6 Å². The molecule has 0 fully saturated rings. The van der Waals surface area contributed by atoms with Crippen LogP contribution in [0.2, 0.25) is 0 Å². The van der Waals surface area contributed by atoms with Crippen molar-refractivity contribution in [2.45, 2.75) is 17.9 Å². The first kappa shape index (κ1) is 19.6. The fourth-order valence-corrected chi connectivity index (χ4v) is 3.72. The number of nitrogens with zero attached hydrogens (tertiary/aromatic N) is 1. The molecule has 0 amide bonds. The third kappa shape index (κ3) is 4.37. The first-order valence-electron chi connectivity index (χ1n) is 8.62. The Labute approximate surface area is 163 Å². The van der Waals surface area contributed by atoms with E-state index in [4.69, 9.17) is 0 Å². The zero-order valence-electron chi connectivity index (χ0n) is 15.5. The summed E-state index contributed by atoms with van der Waals surface area (Å²) < 4.78 is 23.9. The maximum atomic E-state index is 12.0. The van der Waals surface area contributed by atoms with E-state index in [9.17, 15) is 18.5 Å². The van der Waals surface area contributed by atoms with Gasteiger partial charge in [-0.05, 0) is 42.3 Å². The Kier molecular flexibility index (Phi) is 5.46. The molecular formula is C21H20N2O4S. The van der Waals surface area contributed by atoms with Gasteiger partial charge in [0.15, 0.2) is 9.84 Å². The lowest BCUT2D eigenvalue weighted by Crippen LogP contribution is -2.13. The van der Waals surface area contributed by atoms with Crippen molar-refractivity contribution in [1.82, 2.24) is 0 Å². The Bertz CT molecular complexity index is 1110. The lowest BCUT2D eigenvalue weighted by Gasteiger charge is -2.22. The number of hydrogen-bond donors (Lipinski definition) is 1. The molecule has 1 unspecified atom stereocenters. The molecule has 0 saturated carbocycles. The number of nitro benzene ring substituents is 1. The van der Waals surface area contributed by atoms with Crippen LogP contribution in [0.4, 0.5) is 11.4 Å². The third-order valence-corrected chi connectivity index (χ3v) is 5.57. The molecule has 0 bridgehead atoms. The topological polar surface area (TPSA) is 89.3 Å². The summed E-state index contributed by atoms with van der Waals surface area (Å²) in [4.78, 5) is 10.9. The van der Waals surface area contributed by atoms with E-state index < -0.39 is 14.8 Å². The van der Waals surface area contributed by atoms with Gasteiger partial charge in [-0.25, -0.2) is 8.42 Å². The van der Waals surface area contributed by atoms with Crippen LogP contribution in [0.5, 0.6) is 0 Å². The maximum Gasteiger partial charge on any atom is 0.272 e. The molecular weight excluding hydrogens is 376 g/mol. The van der Waals surface area contributed by atoms with E-state index >= 15 is 0 Å². The molecule has 0 spiro atoms. The molecule has 3 aromatic carbocycles. The highest BCUT2D eigenvalue weighted by molar-refractivity contribution is 7.90. The van der Waals surface area contributed by atoms with Gasteiger partial charge in [-0.15, -0.1) is 0 Å². The summed E-state index contributed by atoms with van der Waals surface area (Å²) in [7, 11) is -3.34. The van der Waals surface area contributed by atoms with E-state index in [-0.39, 0.29) is 16.6 Å². The van der Waals surface area contributed by atoms with E-state index in [0.29, 0.717) is 11.3 Å². The third-order valence-electron chi connectivity index (χ3n) is 4.46. The van der Waals surface area contributed by atoms with E-state index in [1.165, 1.54) is 12.3 Å². The van der Waals surface area contributed by atoms with Crippen LogP contribution < -0.4 is 5.32 Å². The van der Waals surface area contributed by atoms with Crippen molar-refractivity contribution in [2.24, 2.45) is 0 Å². The van der Waals surface area contributed by atoms with Crippen LogP contribution in [0, 0.1) is 17.0 Å². The van der Waals surface area contributed by atoms with Gasteiger partial charge in [0.1, 0.15) is 0 Å². The zero-order chi connectivity index (χ0) is 20.3. The number of sulfone groups is 1. The Hall–Kier alpha value is -3.19. The van der Waals surface area contributed by atoms with E-state index in [1.54, 1.807) is 37.3 Å². The van der Waals surface area contributed by atoms with Crippen molar-refractivity contribution in [3.63, 3.8) is 0 Å². The maximum absolute atomic E-state index is 12.0. The van der Waals surface area contributed by atoms with Gasteiger partial charge in [0.05, 0.1) is 15.9 Å². The Morgan fingerprint density at radius 2 is 1.61 bits per heavy atom.